The van der Waals surface area contributed by atoms with Crippen molar-refractivity contribution in [3.05, 3.63) is 56.2 Å². The predicted octanol–water partition coefficient (Wildman–Crippen LogP) is 3.98. The molecule has 0 bridgehead atoms. The number of benzene rings is 1. The van der Waals surface area contributed by atoms with E-state index in [0.29, 0.717) is 12.0 Å². The molecule has 0 saturated carbocycles. The van der Waals surface area contributed by atoms with Crippen LogP contribution in [0.1, 0.15) is 21.9 Å². The number of thiophene rings is 1. The van der Waals surface area contributed by atoms with Crippen LogP contribution in [0.25, 0.3) is 0 Å². The number of halogens is 1. The summed E-state index contributed by atoms with van der Waals surface area (Å²) in [6, 6.07) is 11.5. The highest BCUT2D eigenvalue weighted by molar-refractivity contribution is 9.10. The molecular weight excluding hydrogens is 306 g/mol. The molecule has 1 aliphatic rings. The summed E-state index contributed by atoms with van der Waals surface area (Å²) in [5.74, 6) is 0.667. The first-order valence-electron chi connectivity index (χ1n) is 6.26. The molecule has 0 spiro atoms. The molecule has 0 saturated heterocycles. The summed E-state index contributed by atoms with van der Waals surface area (Å²) in [7, 11) is 2.08. The van der Waals surface area contributed by atoms with E-state index in [1.165, 1.54) is 26.9 Å². The maximum atomic E-state index is 3.63. The lowest BCUT2D eigenvalue weighted by molar-refractivity contribution is 0.424. The van der Waals surface area contributed by atoms with Crippen molar-refractivity contribution in [1.82, 2.24) is 5.32 Å². The average molecular weight is 322 g/mol. The first-order chi connectivity index (χ1) is 8.79. The van der Waals surface area contributed by atoms with Gasteiger partial charge in [0.15, 0.2) is 0 Å². The van der Waals surface area contributed by atoms with E-state index in [1.54, 1.807) is 0 Å². The van der Waals surface area contributed by atoms with Gasteiger partial charge in [0.1, 0.15) is 0 Å². The van der Waals surface area contributed by atoms with E-state index in [9.17, 15) is 0 Å². The second-order valence-electron chi connectivity index (χ2n) is 4.80. The van der Waals surface area contributed by atoms with Crippen LogP contribution in [-0.2, 0) is 12.8 Å². The third kappa shape index (κ3) is 2.15. The Bertz CT molecular complexity index is 549. The van der Waals surface area contributed by atoms with Gasteiger partial charge in [-0.25, -0.2) is 0 Å². The molecule has 0 radical (unpaired) electrons. The van der Waals surface area contributed by atoms with E-state index in [4.69, 9.17) is 0 Å². The molecular formula is C15H16BrNS. The second kappa shape index (κ2) is 5.16. The predicted molar refractivity (Wildman–Crippen MR) is 81.5 cm³/mol. The highest BCUT2D eigenvalue weighted by atomic mass is 79.9. The molecule has 3 heteroatoms. The molecule has 1 aromatic carbocycles. The van der Waals surface area contributed by atoms with Crippen molar-refractivity contribution in [2.45, 2.75) is 24.8 Å². The standard InChI is InChI=1S/C15H16BrNS/c1-17-14(9-15-13(16)6-7-18-15)12-8-10-4-2-3-5-11(10)12/h2-7,12,14,17H,8-9H2,1H3. The summed E-state index contributed by atoms with van der Waals surface area (Å²) in [4.78, 5) is 1.44. The molecule has 1 nitrogen and oxygen atoms in total. The lowest BCUT2D eigenvalue weighted by Gasteiger charge is -2.36. The second-order valence-corrected chi connectivity index (χ2v) is 6.66. The summed E-state index contributed by atoms with van der Waals surface area (Å²) in [6.45, 7) is 0. The van der Waals surface area contributed by atoms with E-state index in [1.807, 2.05) is 11.3 Å². The van der Waals surface area contributed by atoms with Gasteiger partial charge in [0.2, 0.25) is 0 Å². The molecule has 0 aliphatic heterocycles. The highest BCUT2D eigenvalue weighted by Gasteiger charge is 2.32. The monoisotopic (exact) mass is 321 g/mol. The smallest absolute Gasteiger partial charge is 0.0314 e. The third-order valence-electron chi connectivity index (χ3n) is 3.85. The topological polar surface area (TPSA) is 12.0 Å². The van der Waals surface area contributed by atoms with E-state index < -0.39 is 0 Å². The Hall–Kier alpha value is -0.640. The normalized spacial score (nSPS) is 19.1. The minimum absolute atomic E-state index is 0.537. The number of likely N-dealkylation sites (N-methyl/N-ethyl adjacent to an activating group) is 1. The number of hydrogen-bond acceptors (Lipinski definition) is 2. The van der Waals surface area contributed by atoms with Crippen LogP contribution in [0.2, 0.25) is 0 Å². The number of fused-ring (bicyclic) bond motifs is 1. The molecule has 18 heavy (non-hydrogen) atoms. The first-order valence-corrected chi connectivity index (χ1v) is 7.94. The van der Waals surface area contributed by atoms with Crippen LogP contribution in [0.15, 0.2) is 40.2 Å². The van der Waals surface area contributed by atoms with Crippen LogP contribution in [0.3, 0.4) is 0 Å². The molecule has 0 amide bonds. The Labute approximate surface area is 120 Å². The molecule has 2 atom stereocenters. The SMILES string of the molecule is CNC(Cc1sccc1Br)C1Cc2ccccc21. The molecule has 1 heterocycles. The van der Waals surface area contributed by atoms with Gasteiger partial charge in [0, 0.05) is 21.3 Å². The fraction of sp³-hybridized carbons (Fsp3) is 0.333. The number of hydrogen-bond donors (Lipinski definition) is 1. The Morgan fingerprint density at radius 2 is 2.22 bits per heavy atom. The molecule has 1 aromatic heterocycles. The van der Waals surface area contributed by atoms with E-state index in [-0.39, 0.29) is 0 Å². The van der Waals surface area contributed by atoms with Crippen molar-refractivity contribution in [2.75, 3.05) is 7.05 Å². The van der Waals surface area contributed by atoms with Gasteiger partial charge in [0.05, 0.1) is 0 Å². The lowest BCUT2D eigenvalue weighted by atomic mass is 9.72. The van der Waals surface area contributed by atoms with Crippen LogP contribution in [-0.4, -0.2) is 13.1 Å². The summed E-state index contributed by atoms with van der Waals surface area (Å²) >= 11 is 5.47. The van der Waals surface area contributed by atoms with Crippen LogP contribution in [0, 0.1) is 0 Å². The Balaban J connectivity index is 1.77. The largest absolute Gasteiger partial charge is 0.316 e. The summed E-state index contributed by atoms with van der Waals surface area (Å²) in [5, 5.41) is 5.65. The van der Waals surface area contributed by atoms with Crippen LogP contribution in [0.5, 0.6) is 0 Å². The molecule has 3 rings (SSSR count). The Morgan fingerprint density at radius 1 is 1.39 bits per heavy atom. The molecule has 1 aliphatic carbocycles. The molecule has 0 fully saturated rings. The maximum Gasteiger partial charge on any atom is 0.0314 e. The fourth-order valence-corrected chi connectivity index (χ4v) is 4.35. The van der Waals surface area contributed by atoms with Gasteiger partial charge < -0.3 is 5.32 Å². The summed E-state index contributed by atoms with van der Waals surface area (Å²) in [5.41, 5.74) is 3.05. The number of rotatable bonds is 4. The van der Waals surface area contributed by atoms with Crippen LogP contribution in [0.4, 0.5) is 0 Å². The van der Waals surface area contributed by atoms with Crippen LogP contribution < -0.4 is 5.32 Å². The maximum absolute atomic E-state index is 3.63. The zero-order valence-electron chi connectivity index (χ0n) is 10.3. The van der Waals surface area contributed by atoms with Gasteiger partial charge in [0.25, 0.3) is 0 Å². The molecule has 1 N–H and O–H groups in total. The Kier molecular flexibility index (Phi) is 3.55. The minimum Gasteiger partial charge on any atom is -0.316 e. The van der Waals surface area contributed by atoms with Gasteiger partial charge in [-0.1, -0.05) is 24.3 Å². The average Bonchev–Trinajstić information content (AvgIpc) is 2.75. The third-order valence-corrected chi connectivity index (χ3v) is 5.80. The van der Waals surface area contributed by atoms with Crippen LogP contribution >= 0.6 is 27.3 Å². The van der Waals surface area contributed by atoms with Crippen molar-refractivity contribution in [3.8, 4) is 0 Å². The summed E-state index contributed by atoms with van der Waals surface area (Å²) in [6.07, 6.45) is 2.32. The Morgan fingerprint density at radius 3 is 2.89 bits per heavy atom. The quantitative estimate of drug-likeness (QED) is 0.898. The minimum atomic E-state index is 0.537. The van der Waals surface area contributed by atoms with Crippen molar-refractivity contribution >= 4 is 27.3 Å². The van der Waals surface area contributed by atoms with Crippen molar-refractivity contribution in [3.63, 3.8) is 0 Å². The highest BCUT2D eigenvalue weighted by Crippen LogP contribution is 2.39. The number of nitrogens with one attached hydrogen (secondary N) is 1. The zero-order chi connectivity index (χ0) is 12.5. The molecule has 2 aromatic rings. The van der Waals surface area contributed by atoms with Gasteiger partial charge in [-0.05, 0) is 58.4 Å². The van der Waals surface area contributed by atoms with Gasteiger partial charge in [-0.3, -0.25) is 0 Å². The van der Waals surface area contributed by atoms with Gasteiger partial charge in [-0.15, -0.1) is 11.3 Å². The van der Waals surface area contributed by atoms with Crippen molar-refractivity contribution < 1.29 is 0 Å². The lowest BCUT2D eigenvalue weighted by Crippen LogP contribution is -2.39. The molecule has 2 unspecified atom stereocenters. The first kappa shape index (κ1) is 12.4. The van der Waals surface area contributed by atoms with Crippen molar-refractivity contribution in [2.24, 2.45) is 0 Å². The molecule has 94 valence electrons. The van der Waals surface area contributed by atoms with Gasteiger partial charge >= 0.3 is 0 Å². The zero-order valence-corrected chi connectivity index (χ0v) is 12.7. The van der Waals surface area contributed by atoms with Gasteiger partial charge in [-0.2, -0.15) is 0 Å². The van der Waals surface area contributed by atoms with Crippen molar-refractivity contribution in [1.29, 1.82) is 0 Å². The summed E-state index contributed by atoms with van der Waals surface area (Å²) < 4.78 is 1.25. The fourth-order valence-electron chi connectivity index (χ4n) is 2.77. The van der Waals surface area contributed by atoms with E-state index in [2.05, 4.69) is 64.0 Å². The van der Waals surface area contributed by atoms with E-state index >= 15 is 0 Å². The van der Waals surface area contributed by atoms with E-state index in [0.717, 1.165) is 6.42 Å².